The quantitative estimate of drug-likeness (QED) is 0.547. The van der Waals surface area contributed by atoms with E-state index < -0.39 is 0 Å². The van der Waals surface area contributed by atoms with Crippen LogP contribution >= 0.6 is 0 Å². The van der Waals surface area contributed by atoms with Crippen LogP contribution in [0.2, 0.25) is 0 Å². The van der Waals surface area contributed by atoms with E-state index in [0.717, 1.165) is 0 Å². The molecule has 0 bridgehead atoms. The number of hydrogen-bond donors (Lipinski definition) is 2. The van der Waals surface area contributed by atoms with Gasteiger partial charge in [-0.1, -0.05) is 34.6 Å². The summed E-state index contributed by atoms with van der Waals surface area (Å²) in [6.45, 7) is 9.10. The lowest BCUT2D eigenvalue weighted by Gasteiger charge is -2.13. The fraction of sp³-hybridized carbons (Fsp3) is 0.636. The third kappa shape index (κ3) is 5.88. The van der Waals surface area contributed by atoms with Crippen molar-refractivity contribution in [2.45, 2.75) is 34.6 Å². The standard InChI is InChI=1S/C11H20N2O2/c1-8(2)10(15)13-12-7-6-9(14)11(3,4)5/h6-8,12H,1-5H3,(H,13,15)/b7-6+. The Bertz CT molecular complexity index is 262. The molecular weight excluding hydrogens is 192 g/mol. The molecule has 0 aromatic carbocycles. The van der Waals surface area contributed by atoms with Crippen LogP contribution in [-0.2, 0) is 9.59 Å². The summed E-state index contributed by atoms with van der Waals surface area (Å²) in [5, 5.41) is 0. The summed E-state index contributed by atoms with van der Waals surface area (Å²) < 4.78 is 0. The zero-order valence-corrected chi connectivity index (χ0v) is 10.0. The number of rotatable bonds is 4. The first-order valence-electron chi connectivity index (χ1n) is 5.01. The minimum absolute atomic E-state index is 0.00814. The molecule has 0 rings (SSSR count). The van der Waals surface area contributed by atoms with Crippen LogP contribution in [0.4, 0.5) is 0 Å². The number of carbonyl (C=O) groups excluding carboxylic acids is 2. The smallest absolute Gasteiger partial charge is 0.240 e. The van der Waals surface area contributed by atoms with Crippen molar-refractivity contribution in [2.24, 2.45) is 11.3 Å². The monoisotopic (exact) mass is 212 g/mol. The van der Waals surface area contributed by atoms with Gasteiger partial charge >= 0.3 is 0 Å². The molecule has 0 aliphatic rings. The molecule has 1 amide bonds. The number of amides is 1. The van der Waals surface area contributed by atoms with Gasteiger partial charge in [0.15, 0.2) is 5.78 Å². The van der Waals surface area contributed by atoms with Gasteiger partial charge in [-0.25, -0.2) is 0 Å². The van der Waals surface area contributed by atoms with E-state index >= 15 is 0 Å². The normalized spacial score (nSPS) is 11.9. The summed E-state index contributed by atoms with van der Waals surface area (Å²) >= 11 is 0. The topological polar surface area (TPSA) is 58.2 Å². The van der Waals surface area contributed by atoms with Crippen LogP contribution < -0.4 is 10.9 Å². The summed E-state index contributed by atoms with van der Waals surface area (Å²) in [7, 11) is 0. The first-order valence-corrected chi connectivity index (χ1v) is 5.01. The van der Waals surface area contributed by atoms with Crippen LogP contribution in [0.1, 0.15) is 34.6 Å². The zero-order valence-electron chi connectivity index (χ0n) is 10.0. The summed E-state index contributed by atoms with van der Waals surface area (Å²) in [6.07, 6.45) is 2.86. The van der Waals surface area contributed by atoms with E-state index in [2.05, 4.69) is 10.9 Å². The molecule has 0 fully saturated rings. The molecule has 86 valence electrons. The molecule has 0 aromatic rings. The molecule has 2 N–H and O–H groups in total. The second-order valence-electron chi connectivity index (χ2n) is 4.74. The van der Waals surface area contributed by atoms with E-state index in [1.165, 1.54) is 12.3 Å². The lowest BCUT2D eigenvalue weighted by Crippen LogP contribution is -2.36. The van der Waals surface area contributed by atoms with Crippen molar-refractivity contribution in [2.75, 3.05) is 0 Å². The molecule has 0 atom stereocenters. The van der Waals surface area contributed by atoms with Crippen LogP contribution in [0.5, 0.6) is 0 Å². The Kier molecular flexibility index (Phi) is 5.05. The molecule has 0 unspecified atom stereocenters. The van der Waals surface area contributed by atoms with Gasteiger partial charge in [0.1, 0.15) is 0 Å². The van der Waals surface area contributed by atoms with Crippen LogP contribution in [0.25, 0.3) is 0 Å². The molecular formula is C11H20N2O2. The molecule has 0 saturated carbocycles. The average Bonchev–Trinajstić information content (AvgIpc) is 2.09. The zero-order chi connectivity index (χ0) is 12.1. The number of carbonyl (C=O) groups is 2. The molecule has 0 aliphatic heterocycles. The highest BCUT2D eigenvalue weighted by Crippen LogP contribution is 2.14. The Morgan fingerprint density at radius 2 is 1.73 bits per heavy atom. The van der Waals surface area contributed by atoms with Crippen LogP contribution in [0, 0.1) is 11.3 Å². The van der Waals surface area contributed by atoms with Crippen molar-refractivity contribution in [3.63, 3.8) is 0 Å². The maximum atomic E-state index is 11.4. The van der Waals surface area contributed by atoms with Gasteiger partial charge in [0.05, 0.1) is 0 Å². The summed E-state index contributed by atoms with van der Waals surface area (Å²) in [6, 6.07) is 0. The lowest BCUT2D eigenvalue weighted by atomic mass is 9.91. The SMILES string of the molecule is CC(C)C(=O)NN/C=C/C(=O)C(C)(C)C. The third-order valence-electron chi connectivity index (χ3n) is 1.78. The predicted molar refractivity (Wildman–Crippen MR) is 59.7 cm³/mol. The van der Waals surface area contributed by atoms with Crippen LogP contribution in [-0.4, -0.2) is 11.7 Å². The van der Waals surface area contributed by atoms with Gasteiger partial charge in [-0.3, -0.25) is 15.0 Å². The van der Waals surface area contributed by atoms with E-state index in [9.17, 15) is 9.59 Å². The molecule has 0 aliphatic carbocycles. The number of nitrogens with one attached hydrogen (secondary N) is 2. The predicted octanol–water partition coefficient (Wildman–Crippen LogP) is 1.39. The van der Waals surface area contributed by atoms with Crippen LogP contribution in [0.15, 0.2) is 12.3 Å². The van der Waals surface area contributed by atoms with E-state index in [-0.39, 0.29) is 23.0 Å². The number of hydrazine groups is 1. The summed E-state index contributed by atoms with van der Waals surface area (Å²) in [5.41, 5.74) is 4.64. The largest absolute Gasteiger partial charge is 0.306 e. The maximum Gasteiger partial charge on any atom is 0.240 e. The van der Waals surface area contributed by atoms with E-state index in [0.29, 0.717) is 0 Å². The van der Waals surface area contributed by atoms with Crippen LogP contribution in [0.3, 0.4) is 0 Å². The Balaban J connectivity index is 3.93. The first kappa shape index (κ1) is 13.7. The molecule has 0 heterocycles. The molecule has 0 radical (unpaired) electrons. The highest BCUT2D eigenvalue weighted by atomic mass is 16.2. The van der Waals surface area contributed by atoms with Crippen molar-refractivity contribution >= 4 is 11.7 Å². The molecule has 0 saturated heterocycles. The summed E-state index contributed by atoms with van der Waals surface area (Å²) in [5.74, 6) is -0.180. The van der Waals surface area contributed by atoms with Crippen molar-refractivity contribution in [3.05, 3.63) is 12.3 Å². The average molecular weight is 212 g/mol. The highest BCUT2D eigenvalue weighted by molar-refractivity contribution is 5.93. The molecule has 0 aromatic heterocycles. The third-order valence-corrected chi connectivity index (χ3v) is 1.78. The Morgan fingerprint density at radius 1 is 1.20 bits per heavy atom. The van der Waals surface area contributed by atoms with Crippen molar-refractivity contribution in [1.82, 2.24) is 10.9 Å². The second kappa shape index (κ2) is 5.53. The van der Waals surface area contributed by atoms with Gasteiger partial charge in [-0.15, -0.1) is 0 Å². The fourth-order valence-electron chi connectivity index (χ4n) is 0.624. The van der Waals surface area contributed by atoms with Gasteiger partial charge in [0.2, 0.25) is 5.91 Å². The Hall–Kier alpha value is -1.32. The van der Waals surface area contributed by atoms with Crippen molar-refractivity contribution < 1.29 is 9.59 Å². The first-order chi connectivity index (χ1) is 6.75. The number of allylic oxidation sites excluding steroid dienone is 1. The van der Waals surface area contributed by atoms with E-state index in [1.807, 2.05) is 20.8 Å². The lowest BCUT2D eigenvalue weighted by molar-refractivity contribution is -0.125. The van der Waals surface area contributed by atoms with Gasteiger partial charge in [0.25, 0.3) is 0 Å². The Morgan fingerprint density at radius 3 is 2.13 bits per heavy atom. The molecule has 4 heteroatoms. The molecule has 15 heavy (non-hydrogen) atoms. The minimum Gasteiger partial charge on any atom is -0.306 e. The maximum absolute atomic E-state index is 11.4. The molecule has 4 nitrogen and oxygen atoms in total. The second-order valence-corrected chi connectivity index (χ2v) is 4.74. The number of ketones is 1. The Labute approximate surface area is 91.1 Å². The van der Waals surface area contributed by atoms with E-state index in [1.54, 1.807) is 13.8 Å². The number of hydrogen-bond acceptors (Lipinski definition) is 3. The highest BCUT2D eigenvalue weighted by Gasteiger charge is 2.17. The minimum atomic E-state index is -0.389. The van der Waals surface area contributed by atoms with Gasteiger partial charge in [-0.2, -0.15) is 0 Å². The van der Waals surface area contributed by atoms with Gasteiger partial charge in [0, 0.05) is 17.5 Å². The summed E-state index contributed by atoms with van der Waals surface area (Å²) in [4.78, 5) is 22.5. The molecule has 0 spiro atoms. The fourth-order valence-corrected chi connectivity index (χ4v) is 0.624. The van der Waals surface area contributed by atoms with Gasteiger partial charge < -0.3 is 5.43 Å². The van der Waals surface area contributed by atoms with Crippen molar-refractivity contribution in [1.29, 1.82) is 0 Å². The van der Waals surface area contributed by atoms with Crippen molar-refractivity contribution in [3.8, 4) is 0 Å². The van der Waals surface area contributed by atoms with Gasteiger partial charge in [-0.05, 0) is 6.08 Å². The van der Waals surface area contributed by atoms with E-state index in [4.69, 9.17) is 0 Å².